The van der Waals surface area contributed by atoms with Crippen LogP contribution < -0.4 is 5.32 Å². The van der Waals surface area contributed by atoms with Crippen molar-refractivity contribution in [1.29, 1.82) is 0 Å². The second-order valence-electron chi connectivity index (χ2n) is 7.82. The maximum atomic E-state index is 10.1. The van der Waals surface area contributed by atoms with Gasteiger partial charge in [0.25, 0.3) is 0 Å². The van der Waals surface area contributed by atoms with Crippen LogP contribution in [-0.2, 0) is 4.74 Å². The summed E-state index contributed by atoms with van der Waals surface area (Å²) < 4.78 is 5.58. The molecule has 1 unspecified atom stereocenters. The largest absolute Gasteiger partial charge is 0.353 e. The van der Waals surface area contributed by atoms with Crippen molar-refractivity contribution in [1.82, 2.24) is 5.32 Å². The summed E-state index contributed by atoms with van der Waals surface area (Å²) in [6, 6.07) is 0. The molecule has 0 radical (unpaired) electrons. The van der Waals surface area contributed by atoms with Gasteiger partial charge in [0.2, 0.25) is 5.91 Å². The Bertz CT molecular complexity index is 273. The Morgan fingerprint density at radius 3 is 1.35 bits per heavy atom. The molecule has 0 spiro atoms. The molecule has 0 aliphatic heterocycles. The molecular weight excluding hydrogens is 322 g/mol. The number of ether oxygens (including phenoxy) is 1. The fraction of sp³-hybridized carbons (Fsp3) is 1.00. The lowest BCUT2D eigenvalue weighted by Gasteiger charge is -2.27. The summed E-state index contributed by atoms with van der Waals surface area (Å²) in [5.74, 6) is -1.12. The Hall–Kier alpha value is -0.120. The van der Waals surface area contributed by atoms with E-state index in [-0.39, 0.29) is 0 Å². The zero-order valence-corrected chi connectivity index (χ0v) is 18.3. The van der Waals surface area contributed by atoms with Crippen molar-refractivity contribution in [2.75, 3.05) is 13.2 Å². The highest BCUT2D eigenvalue weighted by Crippen LogP contribution is 2.14. The highest BCUT2D eigenvalue weighted by molar-refractivity contribution is 4.60. The van der Waals surface area contributed by atoms with Crippen LogP contribution in [0.2, 0.25) is 0 Å². The molecule has 0 fully saturated rings. The smallest absolute Gasteiger partial charge is 0.224 e. The molecule has 0 saturated heterocycles. The molecular formula is C23H49NO2. The number of rotatable bonds is 21. The number of aliphatic hydroxyl groups is 1. The number of unbranched alkanes of at least 4 members (excludes halogenated alkanes) is 15. The second kappa shape index (κ2) is 19.6. The number of hydrogen-bond donors (Lipinski definition) is 2. The highest BCUT2D eigenvalue weighted by Gasteiger charge is 2.23. The third-order valence-electron chi connectivity index (χ3n) is 5.27. The highest BCUT2D eigenvalue weighted by atomic mass is 16.6. The first kappa shape index (κ1) is 25.9. The van der Waals surface area contributed by atoms with E-state index in [4.69, 9.17) is 4.74 Å². The lowest BCUT2D eigenvalue weighted by atomic mass is 10.0. The zero-order valence-electron chi connectivity index (χ0n) is 18.3. The van der Waals surface area contributed by atoms with Crippen LogP contribution >= 0.6 is 0 Å². The Kier molecular flexibility index (Phi) is 19.5. The van der Waals surface area contributed by atoms with Crippen molar-refractivity contribution in [3.8, 4) is 0 Å². The van der Waals surface area contributed by atoms with Crippen molar-refractivity contribution in [3.63, 3.8) is 0 Å². The molecule has 3 heteroatoms. The molecule has 0 bridgehead atoms. The van der Waals surface area contributed by atoms with E-state index in [1.165, 1.54) is 96.3 Å². The molecule has 26 heavy (non-hydrogen) atoms. The zero-order chi connectivity index (χ0) is 19.3. The van der Waals surface area contributed by atoms with Gasteiger partial charge in [-0.2, -0.15) is 0 Å². The van der Waals surface area contributed by atoms with Crippen LogP contribution in [0, 0.1) is 0 Å². The summed E-state index contributed by atoms with van der Waals surface area (Å²) in [7, 11) is 0. The molecule has 3 nitrogen and oxygen atoms in total. The summed E-state index contributed by atoms with van der Waals surface area (Å²) in [5.41, 5.74) is 0. The van der Waals surface area contributed by atoms with E-state index in [1.54, 1.807) is 0 Å². The van der Waals surface area contributed by atoms with Crippen LogP contribution in [0.5, 0.6) is 0 Å². The molecule has 0 heterocycles. The van der Waals surface area contributed by atoms with Gasteiger partial charge in [-0.25, -0.2) is 0 Å². The first-order chi connectivity index (χ1) is 12.7. The minimum atomic E-state index is -1.12. The van der Waals surface area contributed by atoms with Gasteiger partial charge in [-0.3, -0.25) is 5.32 Å². The van der Waals surface area contributed by atoms with Crippen molar-refractivity contribution >= 4 is 0 Å². The predicted molar refractivity (Wildman–Crippen MR) is 114 cm³/mol. The normalized spacial score (nSPS) is 13.8. The Balaban J connectivity index is 3.18. The summed E-state index contributed by atoms with van der Waals surface area (Å²) in [4.78, 5) is 0. The van der Waals surface area contributed by atoms with E-state index in [0.29, 0.717) is 13.0 Å². The molecule has 0 aromatic rings. The van der Waals surface area contributed by atoms with E-state index in [1.807, 2.05) is 13.8 Å². The molecule has 0 aliphatic rings. The van der Waals surface area contributed by atoms with Gasteiger partial charge in [0.05, 0.1) is 6.61 Å². The fourth-order valence-corrected chi connectivity index (χ4v) is 3.45. The maximum absolute atomic E-state index is 10.1. The third-order valence-corrected chi connectivity index (χ3v) is 5.27. The summed E-state index contributed by atoms with van der Waals surface area (Å²) in [5, 5.41) is 13.1. The standard InChI is InChI=1S/C23H49NO2/c1-4-7-8-9-10-11-12-13-14-15-16-17-18-19-20-21-22-26-23(25,5-2)24-6-3/h24-25H,4-22H2,1-3H3. The molecule has 1 atom stereocenters. The van der Waals surface area contributed by atoms with Crippen LogP contribution in [0.15, 0.2) is 0 Å². The molecule has 0 amide bonds. The monoisotopic (exact) mass is 371 g/mol. The first-order valence-electron chi connectivity index (χ1n) is 11.8. The minimum Gasteiger partial charge on any atom is -0.353 e. The third kappa shape index (κ3) is 17.3. The number of hydrogen-bond acceptors (Lipinski definition) is 3. The topological polar surface area (TPSA) is 41.5 Å². The van der Waals surface area contributed by atoms with E-state index >= 15 is 0 Å². The van der Waals surface area contributed by atoms with E-state index < -0.39 is 5.91 Å². The Labute approximate surface area is 164 Å². The van der Waals surface area contributed by atoms with Crippen molar-refractivity contribution in [2.45, 2.75) is 136 Å². The summed E-state index contributed by atoms with van der Waals surface area (Å²) in [6.45, 7) is 7.58. The fourth-order valence-electron chi connectivity index (χ4n) is 3.45. The van der Waals surface area contributed by atoms with Crippen LogP contribution in [0.4, 0.5) is 0 Å². The van der Waals surface area contributed by atoms with Crippen LogP contribution in [-0.4, -0.2) is 24.2 Å². The molecule has 0 aliphatic carbocycles. The van der Waals surface area contributed by atoms with E-state index in [9.17, 15) is 5.11 Å². The van der Waals surface area contributed by atoms with Gasteiger partial charge in [0.1, 0.15) is 0 Å². The van der Waals surface area contributed by atoms with Crippen molar-refractivity contribution < 1.29 is 9.84 Å². The molecule has 0 aromatic heterocycles. The summed E-state index contributed by atoms with van der Waals surface area (Å²) >= 11 is 0. The SMILES string of the molecule is CCCCCCCCCCCCCCCCCCOC(O)(CC)NCC. The van der Waals surface area contributed by atoms with Gasteiger partial charge in [0, 0.05) is 6.42 Å². The predicted octanol–water partition coefficient (Wildman–Crippen LogP) is 6.93. The molecule has 2 N–H and O–H groups in total. The van der Waals surface area contributed by atoms with Gasteiger partial charge < -0.3 is 9.84 Å². The lowest BCUT2D eigenvalue weighted by Crippen LogP contribution is -2.47. The van der Waals surface area contributed by atoms with Crippen LogP contribution in [0.25, 0.3) is 0 Å². The van der Waals surface area contributed by atoms with Crippen molar-refractivity contribution in [2.24, 2.45) is 0 Å². The number of nitrogens with one attached hydrogen (secondary N) is 1. The van der Waals surface area contributed by atoms with Gasteiger partial charge >= 0.3 is 0 Å². The van der Waals surface area contributed by atoms with Gasteiger partial charge in [0.15, 0.2) is 0 Å². The lowest BCUT2D eigenvalue weighted by molar-refractivity contribution is -0.226. The molecule has 0 saturated carbocycles. The maximum Gasteiger partial charge on any atom is 0.224 e. The molecule has 158 valence electrons. The van der Waals surface area contributed by atoms with Gasteiger partial charge in [-0.15, -0.1) is 0 Å². The molecule has 0 aromatic carbocycles. The van der Waals surface area contributed by atoms with E-state index in [0.717, 1.165) is 13.0 Å². The van der Waals surface area contributed by atoms with Gasteiger partial charge in [-0.05, 0) is 13.0 Å². The van der Waals surface area contributed by atoms with E-state index in [2.05, 4.69) is 12.2 Å². The van der Waals surface area contributed by atoms with Crippen LogP contribution in [0.3, 0.4) is 0 Å². The van der Waals surface area contributed by atoms with Crippen LogP contribution in [0.1, 0.15) is 130 Å². The Morgan fingerprint density at radius 1 is 0.615 bits per heavy atom. The Morgan fingerprint density at radius 2 is 1.00 bits per heavy atom. The average molecular weight is 372 g/mol. The second-order valence-corrected chi connectivity index (χ2v) is 7.82. The summed E-state index contributed by atoms with van der Waals surface area (Å²) in [6.07, 6.45) is 22.6. The molecule has 0 rings (SSSR count). The van der Waals surface area contributed by atoms with Gasteiger partial charge in [-0.1, -0.05) is 117 Å². The minimum absolute atomic E-state index is 0.583. The van der Waals surface area contributed by atoms with Crippen molar-refractivity contribution in [3.05, 3.63) is 0 Å². The average Bonchev–Trinajstić information content (AvgIpc) is 2.64. The first-order valence-corrected chi connectivity index (χ1v) is 11.8. The quantitative estimate of drug-likeness (QED) is 0.170.